The van der Waals surface area contributed by atoms with Gasteiger partial charge in [-0.15, -0.1) is 0 Å². The number of fused-ring (bicyclic) bond motifs is 1. The molecule has 0 radical (unpaired) electrons. The van der Waals surface area contributed by atoms with E-state index in [-0.39, 0.29) is 5.91 Å². The van der Waals surface area contributed by atoms with Crippen molar-refractivity contribution < 1.29 is 4.79 Å². The number of hydrogen-bond donors (Lipinski definition) is 2. The number of imidazole rings is 1. The number of rotatable bonds is 4. The summed E-state index contributed by atoms with van der Waals surface area (Å²) in [6.07, 6.45) is 2.79. The van der Waals surface area contributed by atoms with E-state index in [1.54, 1.807) is 0 Å². The normalized spacial score (nSPS) is 20.9. The van der Waals surface area contributed by atoms with Gasteiger partial charge in [0.1, 0.15) is 11.5 Å². The van der Waals surface area contributed by atoms with Gasteiger partial charge in [-0.3, -0.25) is 4.79 Å². The summed E-state index contributed by atoms with van der Waals surface area (Å²) in [6.45, 7) is 9.72. The average Bonchev–Trinajstić information content (AvgIpc) is 2.85. The van der Waals surface area contributed by atoms with E-state index in [2.05, 4.69) is 32.0 Å². The maximum absolute atomic E-state index is 11.9. The van der Waals surface area contributed by atoms with Gasteiger partial charge in [0.15, 0.2) is 0 Å². The van der Waals surface area contributed by atoms with E-state index in [4.69, 9.17) is 0 Å². The van der Waals surface area contributed by atoms with Crippen LogP contribution in [0.3, 0.4) is 0 Å². The van der Waals surface area contributed by atoms with Crippen LogP contribution in [0, 0.1) is 0 Å². The van der Waals surface area contributed by atoms with Crippen molar-refractivity contribution in [2.24, 2.45) is 0 Å². The summed E-state index contributed by atoms with van der Waals surface area (Å²) >= 11 is 0. The lowest BCUT2D eigenvalue weighted by Crippen LogP contribution is -2.46. The molecule has 1 aromatic heterocycles. The fraction of sp³-hybridized carbons (Fsp3) is 0.733. The summed E-state index contributed by atoms with van der Waals surface area (Å²) in [7, 11) is 0. The second-order valence-electron chi connectivity index (χ2n) is 5.90. The summed E-state index contributed by atoms with van der Waals surface area (Å²) in [5.41, 5.74) is 1.62. The first-order chi connectivity index (χ1) is 10.3. The van der Waals surface area contributed by atoms with Gasteiger partial charge in [0.25, 0.3) is 5.91 Å². The highest BCUT2D eigenvalue weighted by molar-refractivity contribution is 5.93. The van der Waals surface area contributed by atoms with E-state index in [1.807, 2.05) is 0 Å². The Morgan fingerprint density at radius 3 is 2.71 bits per heavy atom. The highest BCUT2D eigenvalue weighted by Crippen LogP contribution is 2.13. The Morgan fingerprint density at radius 1 is 1.19 bits per heavy atom. The molecule has 1 fully saturated rings. The van der Waals surface area contributed by atoms with Gasteiger partial charge in [-0.1, -0.05) is 6.92 Å². The van der Waals surface area contributed by atoms with E-state index in [1.165, 1.54) is 0 Å². The number of aromatic amines is 1. The van der Waals surface area contributed by atoms with Crippen molar-refractivity contribution in [3.63, 3.8) is 0 Å². The zero-order valence-corrected chi connectivity index (χ0v) is 12.8. The highest BCUT2D eigenvalue weighted by Gasteiger charge is 2.20. The Bertz CT molecular complexity index is 490. The molecule has 0 bridgehead atoms. The fourth-order valence-electron chi connectivity index (χ4n) is 3.09. The van der Waals surface area contributed by atoms with E-state index in [9.17, 15) is 4.79 Å². The van der Waals surface area contributed by atoms with Crippen LogP contribution in [0.25, 0.3) is 0 Å². The van der Waals surface area contributed by atoms with E-state index in [0.29, 0.717) is 5.69 Å². The highest BCUT2D eigenvalue weighted by atomic mass is 16.1. The first-order valence-electron chi connectivity index (χ1n) is 8.07. The van der Waals surface area contributed by atoms with Crippen LogP contribution < -0.4 is 5.32 Å². The van der Waals surface area contributed by atoms with Crippen LogP contribution in [-0.2, 0) is 12.8 Å². The monoisotopic (exact) mass is 291 g/mol. The van der Waals surface area contributed by atoms with Crippen molar-refractivity contribution in [1.82, 2.24) is 25.1 Å². The molecule has 116 valence electrons. The topological polar surface area (TPSA) is 64.3 Å². The van der Waals surface area contributed by atoms with Gasteiger partial charge in [0.05, 0.1) is 0 Å². The summed E-state index contributed by atoms with van der Waals surface area (Å²) in [5.74, 6) is 0.927. The molecule has 1 amide bonds. The summed E-state index contributed by atoms with van der Waals surface area (Å²) in [6, 6.07) is 0. The van der Waals surface area contributed by atoms with Gasteiger partial charge in [-0.2, -0.15) is 0 Å². The van der Waals surface area contributed by atoms with Crippen molar-refractivity contribution in [3.8, 4) is 0 Å². The number of aryl methyl sites for hydroxylation is 1. The molecule has 0 spiro atoms. The van der Waals surface area contributed by atoms with Crippen LogP contribution in [-0.4, -0.2) is 71.5 Å². The third kappa shape index (κ3) is 3.44. The van der Waals surface area contributed by atoms with Crippen LogP contribution in [0.4, 0.5) is 0 Å². The second-order valence-corrected chi connectivity index (χ2v) is 5.90. The minimum atomic E-state index is -0.0263. The van der Waals surface area contributed by atoms with Crippen molar-refractivity contribution in [3.05, 3.63) is 17.2 Å². The zero-order chi connectivity index (χ0) is 14.7. The largest absolute Gasteiger partial charge is 0.351 e. The SMILES string of the molecule is CCN1CCN(CCc2nc3c([nH]2)CCCNC3=O)CC1. The average molecular weight is 291 g/mol. The molecule has 0 saturated carbocycles. The fourth-order valence-corrected chi connectivity index (χ4v) is 3.09. The third-order valence-electron chi connectivity index (χ3n) is 4.51. The summed E-state index contributed by atoms with van der Waals surface area (Å²) in [4.78, 5) is 24.7. The standard InChI is InChI=1S/C15H25N5O/c1-2-19-8-10-20(11-9-19)7-5-13-17-12-4-3-6-16-15(21)14(12)18-13/h2-11H2,1H3,(H,16,21)(H,17,18). The van der Waals surface area contributed by atoms with Crippen molar-refractivity contribution in [1.29, 1.82) is 0 Å². The summed E-state index contributed by atoms with van der Waals surface area (Å²) < 4.78 is 0. The van der Waals surface area contributed by atoms with Crippen LogP contribution in [0.2, 0.25) is 0 Å². The molecule has 1 aromatic rings. The molecule has 3 rings (SSSR count). The zero-order valence-electron chi connectivity index (χ0n) is 12.8. The third-order valence-corrected chi connectivity index (χ3v) is 4.51. The molecular weight excluding hydrogens is 266 g/mol. The number of piperazine rings is 1. The Labute approximate surface area is 125 Å². The lowest BCUT2D eigenvalue weighted by Gasteiger charge is -2.33. The number of hydrogen-bond acceptors (Lipinski definition) is 4. The Morgan fingerprint density at radius 2 is 1.95 bits per heavy atom. The van der Waals surface area contributed by atoms with Crippen molar-refractivity contribution in [2.75, 3.05) is 45.8 Å². The van der Waals surface area contributed by atoms with Gasteiger partial charge < -0.3 is 20.1 Å². The smallest absolute Gasteiger partial charge is 0.271 e. The molecule has 2 aliphatic rings. The number of nitrogens with one attached hydrogen (secondary N) is 2. The van der Waals surface area contributed by atoms with Crippen LogP contribution in [0.5, 0.6) is 0 Å². The first kappa shape index (κ1) is 14.5. The minimum Gasteiger partial charge on any atom is -0.351 e. The van der Waals surface area contributed by atoms with Gasteiger partial charge in [-0.25, -0.2) is 4.98 Å². The first-order valence-corrected chi connectivity index (χ1v) is 8.07. The van der Waals surface area contributed by atoms with Crippen LogP contribution in [0.1, 0.15) is 35.4 Å². The van der Waals surface area contributed by atoms with Gasteiger partial charge in [0.2, 0.25) is 0 Å². The maximum Gasteiger partial charge on any atom is 0.271 e. The molecule has 6 nitrogen and oxygen atoms in total. The predicted molar refractivity (Wildman–Crippen MR) is 81.5 cm³/mol. The lowest BCUT2D eigenvalue weighted by atomic mass is 10.2. The molecule has 1 saturated heterocycles. The predicted octanol–water partition coefficient (Wildman–Crippen LogP) is 0.266. The number of amides is 1. The molecule has 0 aromatic carbocycles. The molecule has 0 aliphatic carbocycles. The molecular formula is C15H25N5O. The number of H-pyrrole nitrogens is 1. The number of likely N-dealkylation sites (N-methyl/N-ethyl adjacent to an activating group) is 1. The lowest BCUT2D eigenvalue weighted by molar-refractivity contribution is 0.0951. The number of carbonyl (C=O) groups is 1. The summed E-state index contributed by atoms with van der Waals surface area (Å²) in [5, 5.41) is 2.89. The number of aromatic nitrogens is 2. The Hall–Kier alpha value is -1.40. The Balaban J connectivity index is 1.54. The van der Waals surface area contributed by atoms with Gasteiger partial charge >= 0.3 is 0 Å². The molecule has 0 atom stereocenters. The molecule has 3 heterocycles. The van der Waals surface area contributed by atoms with Gasteiger partial charge in [-0.05, 0) is 19.4 Å². The second kappa shape index (κ2) is 6.58. The molecule has 6 heteroatoms. The van der Waals surface area contributed by atoms with Crippen molar-refractivity contribution in [2.45, 2.75) is 26.2 Å². The van der Waals surface area contributed by atoms with E-state index < -0.39 is 0 Å². The number of carbonyl (C=O) groups excluding carboxylic acids is 1. The molecule has 2 N–H and O–H groups in total. The Kier molecular flexibility index (Phi) is 4.55. The van der Waals surface area contributed by atoms with Crippen LogP contribution in [0.15, 0.2) is 0 Å². The maximum atomic E-state index is 11.9. The quantitative estimate of drug-likeness (QED) is 0.835. The van der Waals surface area contributed by atoms with Crippen molar-refractivity contribution >= 4 is 5.91 Å². The van der Waals surface area contributed by atoms with E-state index >= 15 is 0 Å². The minimum absolute atomic E-state index is 0.0263. The molecule has 21 heavy (non-hydrogen) atoms. The molecule has 2 aliphatic heterocycles. The van der Waals surface area contributed by atoms with Crippen LogP contribution >= 0.6 is 0 Å². The van der Waals surface area contributed by atoms with Gasteiger partial charge in [0, 0.05) is 51.4 Å². The number of nitrogens with zero attached hydrogens (tertiary/aromatic N) is 3. The molecule has 0 unspecified atom stereocenters. The van der Waals surface area contributed by atoms with E-state index in [0.717, 1.165) is 76.6 Å².